The molecule has 2 nitrogen and oxygen atoms in total. The third-order valence-electron chi connectivity index (χ3n) is 5.13. The summed E-state index contributed by atoms with van der Waals surface area (Å²) in [5, 5.41) is 0. The van der Waals surface area contributed by atoms with E-state index in [1.165, 1.54) is 0 Å². The van der Waals surface area contributed by atoms with Crippen molar-refractivity contribution in [2.75, 3.05) is 0 Å². The van der Waals surface area contributed by atoms with E-state index < -0.39 is 0 Å². The van der Waals surface area contributed by atoms with Gasteiger partial charge in [-0.2, -0.15) is 0 Å². The highest BCUT2D eigenvalue weighted by atomic mass is 16.1. The van der Waals surface area contributed by atoms with Crippen LogP contribution in [-0.2, 0) is 0 Å². The zero-order valence-corrected chi connectivity index (χ0v) is 14.0. The molecule has 112 valence electrons. The Kier molecular flexibility index (Phi) is 3.10. The molecule has 0 heterocycles. The first-order chi connectivity index (χ1) is 10.3. The van der Waals surface area contributed by atoms with E-state index in [1.54, 1.807) is 0 Å². The van der Waals surface area contributed by atoms with Crippen LogP contribution in [-0.4, -0.2) is 11.6 Å². The second kappa shape index (κ2) is 4.64. The lowest BCUT2D eigenvalue weighted by atomic mass is 9.76. The summed E-state index contributed by atoms with van der Waals surface area (Å²) in [6.07, 6.45) is 0. The number of hydrogen-bond acceptors (Lipinski definition) is 2. The van der Waals surface area contributed by atoms with Gasteiger partial charge in [-0.1, -0.05) is 6.07 Å². The lowest BCUT2D eigenvalue weighted by Gasteiger charge is -2.25. The lowest BCUT2D eigenvalue weighted by Crippen LogP contribution is -2.25. The average molecular weight is 292 g/mol. The van der Waals surface area contributed by atoms with Crippen molar-refractivity contribution in [2.24, 2.45) is 0 Å². The second-order valence-corrected chi connectivity index (χ2v) is 6.41. The highest BCUT2D eigenvalue weighted by molar-refractivity contribution is 6.30. The van der Waals surface area contributed by atoms with Crippen LogP contribution in [0.2, 0.25) is 0 Å². The van der Waals surface area contributed by atoms with Gasteiger partial charge >= 0.3 is 0 Å². The molecule has 0 saturated heterocycles. The normalized spacial score (nSPS) is 13.2. The molecule has 0 atom stereocenters. The number of carbonyl (C=O) groups excluding carboxylic acids is 2. The van der Waals surface area contributed by atoms with Crippen LogP contribution in [0.4, 0.5) is 0 Å². The molecular formula is C20H20O2. The summed E-state index contributed by atoms with van der Waals surface area (Å²) < 4.78 is 0. The topological polar surface area (TPSA) is 34.1 Å². The summed E-state index contributed by atoms with van der Waals surface area (Å²) in [4.78, 5) is 26.1. The van der Waals surface area contributed by atoms with Crippen LogP contribution < -0.4 is 0 Å². The molecule has 0 saturated carbocycles. The second-order valence-electron chi connectivity index (χ2n) is 6.41. The Morgan fingerprint density at radius 1 is 0.545 bits per heavy atom. The minimum Gasteiger partial charge on any atom is -0.289 e. The van der Waals surface area contributed by atoms with Crippen LogP contribution in [0.25, 0.3) is 0 Å². The molecule has 2 aromatic carbocycles. The van der Waals surface area contributed by atoms with Crippen LogP contribution in [0.1, 0.15) is 65.2 Å². The van der Waals surface area contributed by atoms with Crippen molar-refractivity contribution in [3.63, 3.8) is 0 Å². The molecule has 2 aromatic rings. The van der Waals surface area contributed by atoms with E-state index in [1.807, 2.05) is 53.7 Å². The molecule has 0 amide bonds. The zero-order chi connectivity index (χ0) is 16.3. The molecule has 3 rings (SSSR count). The quantitative estimate of drug-likeness (QED) is 0.618. The molecule has 0 spiro atoms. The Morgan fingerprint density at radius 2 is 1.14 bits per heavy atom. The first kappa shape index (κ1) is 14.7. The fourth-order valence-corrected chi connectivity index (χ4v) is 3.48. The van der Waals surface area contributed by atoms with Crippen molar-refractivity contribution in [2.45, 2.75) is 41.5 Å². The summed E-state index contributed by atoms with van der Waals surface area (Å²) in [5.74, 6) is -0.0223. The van der Waals surface area contributed by atoms with Crippen molar-refractivity contribution in [3.05, 3.63) is 67.8 Å². The Labute approximate surface area is 131 Å². The molecule has 22 heavy (non-hydrogen) atoms. The van der Waals surface area contributed by atoms with Gasteiger partial charge in [0.1, 0.15) is 0 Å². The van der Waals surface area contributed by atoms with Crippen molar-refractivity contribution in [1.82, 2.24) is 0 Å². The molecule has 0 bridgehead atoms. The van der Waals surface area contributed by atoms with Crippen molar-refractivity contribution >= 4 is 11.6 Å². The third-order valence-corrected chi connectivity index (χ3v) is 5.13. The Morgan fingerprint density at radius 3 is 1.77 bits per heavy atom. The molecule has 0 radical (unpaired) electrons. The number of aryl methyl sites for hydroxylation is 3. The van der Waals surface area contributed by atoms with E-state index in [9.17, 15) is 9.59 Å². The summed E-state index contributed by atoms with van der Waals surface area (Å²) in [5.41, 5.74) is 8.27. The van der Waals surface area contributed by atoms with E-state index in [0.717, 1.165) is 33.4 Å². The predicted octanol–water partition coefficient (Wildman–Crippen LogP) is 4.31. The van der Waals surface area contributed by atoms with Gasteiger partial charge < -0.3 is 0 Å². The third kappa shape index (κ3) is 1.73. The van der Waals surface area contributed by atoms with E-state index in [-0.39, 0.29) is 11.6 Å². The Bertz CT molecular complexity index is 866. The zero-order valence-electron chi connectivity index (χ0n) is 14.0. The maximum absolute atomic E-state index is 13.1. The van der Waals surface area contributed by atoms with Crippen molar-refractivity contribution < 1.29 is 9.59 Å². The van der Waals surface area contributed by atoms with Gasteiger partial charge in [0.25, 0.3) is 0 Å². The highest BCUT2D eigenvalue weighted by Gasteiger charge is 2.34. The SMILES string of the molecule is Cc1cc2c(c(C)c1C)C(=O)c1c(C)cc(C)c(C)c1C2=O. The Balaban J connectivity index is 2.46. The molecule has 0 aliphatic heterocycles. The van der Waals surface area contributed by atoms with Crippen molar-refractivity contribution in [3.8, 4) is 0 Å². The fraction of sp³-hybridized carbons (Fsp3) is 0.300. The van der Waals surface area contributed by atoms with Gasteiger partial charge in [-0.25, -0.2) is 0 Å². The summed E-state index contributed by atoms with van der Waals surface area (Å²) in [6, 6.07) is 3.87. The van der Waals surface area contributed by atoms with Crippen LogP contribution in [0.15, 0.2) is 12.1 Å². The number of hydrogen-bond donors (Lipinski definition) is 0. The Hall–Kier alpha value is -2.22. The van der Waals surface area contributed by atoms with Gasteiger partial charge in [0.05, 0.1) is 0 Å². The predicted molar refractivity (Wildman–Crippen MR) is 88.2 cm³/mol. The van der Waals surface area contributed by atoms with Gasteiger partial charge in [0.15, 0.2) is 11.6 Å². The van der Waals surface area contributed by atoms with Gasteiger partial charge in [-0.3, -0.25) is 9.59 Å². The molecule has 1 aliphatic carbocycles. The smallest absolute Gasteiger partial charge is 0.195 e. The lowest BCUT2D eigenvalue weighted by molar-refractivity contribution is 0.0977. The van der Waals surface area contributed by atoms with E-state index in [0.29, 0.717) is 22.3 Å². The van der Waals surface area contributed by atoms with E-state index in [4.69, 9.17) is 0 Å². The monoisotopic (exact) mass is 292 g/mol. The van der Waals surface area contributed by atoms with E-state index >= 15 is 0 Å². The van der Waals surface area contributed by atoms with Gasteiger partial charge in [0, 0.05) is 22.3 Å². The molecule has 0 aromatic heterocycles. The molecule has 0 fully saturated rings. The maximum atomic E-state index is 13.1. The first-order valence-corrected chi connectivity index (χ1v) is 7.56. The van der Waals surface area contributed by atoms with Gasteiger partial charge in [-0.05, 0) is 81.0 Å². The highest BCUT2D eigenvalue weighted by Crippen LogP contribution is 2.36. The largest absolute Gasteiger partial charge is 0.289 e. The average Bonchev–Trinajstić information content (AvgIpc) is 2.45. The number of benzene rings is 2. The number of rotatable bonds is 0. The van der Waals surface area contributed by atoms with Crippen LogP contribution in [0.3, 0.4) is 0 Å². The number of ketones is 2. The van der Waals surface area contributed by atoms with Crippen LogP contribution in [0, 0.1) is 41.5 Å². The van der Waals surface area contributed by atoms with Crippen LogP contribution >= 0.6 is 0 Å². The number of carbonyl (C=O) groups is 2. The summed E-state index contributed by atoms with van der Waals surface area (Å²) in [6.45, 7) is 11.8. The number of fused-ring (bicyclic) bond motifs is 2. The van der Waals surface area contributed by atoms with E-state index in [2.05, 4.69) is 0 Å². The van der Waals surface area contributed by atoms with Gasteiger partial charge in [-0.15, -0.1) is 0 Å². The molecule has 2 heteroatoms. The van der Waals surface area contributed by atoms with Crippen molar-refractivity contribution in [1.29, 1.82) is 0 Å². The minimum atomic E-state index is -0.0138. The van der Waals surface area contributed by atoms with Gasteiger partial charge in [0.2, 0.25) is 0 Å². The molecule has 0 unspecified atom stereocenters. The fourth-order valence-electron chi connectivity index (χ4n) is 3.48. The maximum Gasteiger partial charge on any atom is 0.195 e. The molecular weight excluding hydrogens is 272 g/mol. The summed E-state index contributed by atoms with van der Waals surface area (Å²) >= 11 is 0. The summed E-state index contributed by atoms with van der Waals surface area (Å²) in [7, 11) is 0. The molecule has 0 N–H and O–H groups in total. The standard InChI is InChI=1S/C20H20O2/c1-9-7-11(3)16-18(13(9)5)19(21)15-8-10(2)12(4)14(6)17(15)20(16)22/h7-8H,1-6H3. The van der Waals surface area contributed by atoms with Crippen LogP contribution in [0.5, 0.6) is 0 Å². The molecule has 1 aliphatic rings. The first-order valence-electron chi connectivity index (χ1n) is 7.56. The minimum absolute atomic E-state index is 0.00852.